The van der Waals surface area contributed by atoms with Gasteiger partial charge in [-0.05, 0) is 60.9 Å². The summed E-state index contributed by atoms with van der Waals surface area (Å²) in [5.41, 5.74) is 9.07. The Hall–Kier alpha value is -3.80. The first-order valence-electron chi connectivity index (χ1n) is 14.2. The highest BCUT2D eigenvalue weighted by Crippen LogP contribution is 2.50. The van der Waals surface area contributed by atoms with Crippen LogP contribution in [0.15, 0.2) is 42.6 Å². The maximum absolute atomic E-state index is 12.6. The normalized spacial score (nSPS) is 19.0. The van der Waals surface area contributed by atoms with Crippen molar-refractivity contribution in [3.63, 3.8) is 0 Å². The summed E-state index contributed by atoms with van der Waals surface area (Å²) in [6.45, 7) is 5.88. The third-order valence-electron chi connectivity index (χ3n) is 8.32. The number of nitrogens with two attached hydrogens (primary N) is 1. The molecule has 2 aromatic heterocycles. The Balaban J connectivity index is 1.29. The van der Waals surface area contributed by atoms with Crippen molar-refractivity contribution in [2.45, 2.75) is 38.3 Å². The minimum absolute atomic E-state index is 0.0326. The third kappa shape index (κ3) is 6.12. The molecule has 1 aromatic carbocycles. The highest BCUT2D eigenvalue weighted by atomic mass is 16.5. The molecular formula is C30H37N7O4. The molecule has 3 fully saturated rings. The Labute approximate surface area is 239 Å². The van der Waals surface area contributed by atoms with Gasteiger partial charge < -0.3 is 30.6 Å². The van der Waals surface area contributed by atoms with Crippen LogP contribution in [0.2, 0.25) is 0 Å². The van der Waals surface area contributed by atoms with Gasteiger partial charge in [0.05, 0.1) is 20.3 Å². The predicted molar refractivity (Wildman–Crippen MR) is 155 cm³/mol. The summed E-state index contributed by atoms with van der Waals surface area (Å²) in [4.78, 5) is 29.1. The summed E-state index contributed by atoms with van der Waals surface area (Å²) in [7, 11) is 1.58. The van der Waals surface area contributed by atoms with Crippen molar-refractivity contribution >= 4 is 23.2 Å². The zero-order valence-electron chi connectivity index (χ0n) is 23.4. The average Bonchev–Trinajstić information content (AvgIpc) is 2.98. The number of primary amides is 1. The fraction of sp³-hybridized carbons (Fsp3) is 0.467. The molecular weight excluding hydrogens is 522 g/mol. The predicted octanol–water partition coefficient (Wildman–Crippen LogP) is 3.59. The van der Waals surface area contributed by atoms with Crippen molar-refractivity contribution in [2.24, 2.45) is 11.1 Å². The number of pyridine rings is 1. The minimum Gasteiger partial charge on any atom is -0.494 e. The number of hydrogen-bond donors (Lipinski definition) is 3. The lowest BCUT2D eigenvalue weighted by molar-refractivity contribution is -0.0342. The molecule has 0 unspecified atom stereocenters. The van der Waals surface area contributed by atoms with Gasteiger partial charge in [-0.1, -0.05) is 12.1 Å². The molecule has 4 N–H and O–H groups in total. The lowest BCUT2D eigenvalue weighted by Crippen LogP contribution is -2.48. The van der Waals surface area contributed by atoms with Crippen LogP contribution in [0, 0.1) is 5.41 Å². The van der Waals surface area contributed by atoms with E-state index in [1.54, 1.807) is 19.4 Å². The van der Waals surface area contributed by atoms with Gasteiger partial charge in [0.25, 0.3) is 5.91 Å². The molecule has 0 atom stereocenters. The number of aromatic nitrogens is 3. The summed E-state index contributed by atoms with van der Waals surface area (Å²) in [6, 6.07) is 11.9. The first-order valence-corrected chi connectivity index (χ1v) is 14.2. The highest BCUT2D eigenvalue weighted by Gasteiger charge is 2.45. The van der Waals surface area contributed by atoms with Gasteiger partial charge in [0.15, 0.2) is 17.3 Å². The van der Waals surface area contributed by atoms with Crippen LogP contribution in [0.3, 0.4) is 0 Å². The summed E-state index contributed by atoms with van der Waals surface area (Å²) in [5, 5.41) is 6.88. The van der Waals surface area contributed by atoms with E-state index in [0.717, 1.165) is 77.4 Å². The van der Waals surface area contributed by atoms with Gasteiger partial charge in [0.1, 0.15) is 17.1 Å². The Bertz CT molecular complexity index is 1360. The van der Waals surface area contributed by atoms with E-state index in [-0.39, 0.29) is 11.7 Å². The highest BCUT2D eigenvalue weighted by molar-refractivity contribution is 5.97. The van der Waals surface area contributed by atoms with Crippen LogP contribution in [0.25, 0.3) is 11.4 Å². The Kier molecular flexibility index (Phi) is 8.00. The molecule has 0 bridgehead atoms. The quantitative estimate of drug-likeness (QED) is 0.357. The van der Waals surface area contributed by atoms with E-state index in [0.29, 0.717) is 34.2 Å². The zero-order valence-corrected chi connectivity index (χ0v) is 23.4. The molecule has 1 amide bonds. The molecule has 2 aliphatic heterocycles. The molecule has 216 valence electrons. The van der Waals surface area contributed by atoms with Crippen molar-refractivity contribution < 1.29 is 19.0 Å². The average molecular weight is 560 g/mol. The molecule has 11 nitrogen and oxygen atoms in total. The molecule has 11 heteroatoms. The molecule has 0 radical (unpaired) electrons. The number of methoxy groups -OCH3 is 1. The number of rotatable bonds is 9. The van der Waals surface area contributed by atoms with Gasteiger partial charge in [0.2, 0.25) is 0 Å². The van der Waals surface area contributed by atoms with E-state index in [4.69, 9.17) is 29.9 Å². The van der Waals surface area contributed by atoms with Crippen molar-refractivity contribution in [1.82, 2.24) is 19.9 Å². The third-order valence-corrected chi connectivity index (χ3v) is 8.32. The van der Waals surface area contributed by atoms with Crippen LogP contribution in [0.5, 0.6) is 5.75 Å². The standard InChI is InChI=1S/C30H37N7O4/c1-39-23-3-2-10-32-24(23)25-28(34-22-17-30(18-22)8-13-40-14-9-30)36-29(26(35-25)27(31)38)33-21-6-4-20(5-7-21)19-37-11-15-41-16-12-37/h2-7,10,22H,8-9,11-19H2,1H3,(H2,31,38)(H2,33,34,36). The second-order valence-electron chi connectivity index (χ2n) is 11.1. The first-order chi connectivity index (χ1) is 20.0. The number of benzene rings is 1. The fourth-order valence-corrected chi connectivity index (χ4v) is 6.03. The van der Waals surface area contributed by atoms with E-state index >= 15 is 0 Å². The van der Waals surface area contributed by atoms with E-state index in [1.807, 2.05) is 18.2 Å². The number of carbonyl (C=O) groups is 1. The van der Waals surface area contributed by atoms with E-state index < -0.39 is 5.91 Å². The van der Waals surface area contributed by atoms with Gasteiger partial charge in [-0.3, -0.25) is 14.7 Å². The summed E-state index contributed by atoms with van der Waals surface area (Å²) in [5.74, 6) is 0.674. The molecule has 2 saturated heterocycles. The van der Waals surface area contributed by atoms with Gasteiger partial charge >= 0.3 is 0 Å². The van der Waals surface area contributed by atoms with Crippen molar-refractivity contribution in [2.75, 3.05) is 57.3 Å². The number of carbonyl (C=O) groups excluding carboxylic acids is 1. The second-order valence-corrected chi connectivity index (χ2v) is 11.1. The van der Waals surface area contributed by atoms with Crippen LogP contribution in [0.1, 0.15) is 41.7 Å². The minimum atomic E-state index is -0.684. The molecule has 1 spiro atoms. The van der Waals surface area contributed by atoms with Crippen LogP contribution < -0.4 is 21.1 Å². The Morgan fingerprint density at radius 1 is 1.02 bits per heavy atom. The number of nitrogens with zero attached hydrogens (tertiary/aromatic N) is 4. The first kappa shape index (κ1) is 27.4. The van der Waals surface area contributed by atoms with Crippen molar-refractivity contribution in [3.8, 4) is 17.1 Å². The second kappa shape index (κ2) is 12.0. The molecule has 3 aliphatic rings. The van der Waals surface area contributed by atoms with Crippen LogP contribution in [0.4, 0.5) is 17.3 Å². The van der Waals surface area contributed by atoms with Crippen LogP contribution >= 0.6 is 0 Å². The van der Waals surface area contributed by atoms with Gasteiger partial charge in [0, 0.05) is 50.8 Å². The van der Waals surface area contributed by atoms with Gasteiger partial charge in [-0.15, -0.1) is 0 Å². The topological polar surface area (TPSA) is 137 Å². The maximum atomic E-state index is 12.6. The number of ether oxygens (including phenoxy) is 3. The van der Waals surface area contributed by atoms with Crippen LogP contribution in [-0.4, -0.2) is 78.4 Å². The zero-order chi connectivity index (χ0) is 28.2. The van der Waals surface area contributed by atoms with E-state index in [1.165, 1.54) is 5.56 Å². The lowest BCUT2D eigenvalue weighted by atomic mass is 9.61. The maximum Gasteiger partial charge on any atom is 0.271 e. The fourth-order valence-electron chi connectivity index (χ4n) is 6.03. The largest absolute Gasteiger partial charge is 0.494 e. The van der Waals surface area contributed by atoms with Crippen LogP contribution in [-0.2, 0) is 16.0 Å². The molecule has 3 aromatic rings. The molecule has 1 aliphatic carbocycles. The smallest absolute Gasteiger partial charge is 0.271 e. The number of hydrogen-bond acceptors (Lipinski definition) is 10. The number of amides is 1. The summed E-state index contributed by atoms with van der Waals surface area (Å²) >= 11 is 0. The Morgan fingerprint density at radius 2 is 1.76 bits per heavy atom. The van der Waals surface area contributed by atoms with E-state index in [9.17, 15) is 4.79 Å². The summed E-state index contributed by atoms with van der Waals surface area (Å²) < 4.78 is 16.6. The SMILES string of the molecule is COc1cccnc1-c1nc(C(N)=O)c(Nc2ccc(CN3CCOCC3)cc2)nc1NC1CC2(CCOCC2)C1. The molecule has 1 saturated carbocycles. The molecule has 41 heavy (non-hydrogen) atoms. The van der Waals surface area contributed by atoms with Crippen molar-refractivity contribution in [3.05, 3.63) is 53.9 Å². The lowest BCUT2D eigenvalue weighted by Gasteiger charge is -2.50. The Morgan fingerprint density at radius 3 is 2.46 bits per heavy atom. The van der Waals surface area contributed by atoms with E-state index in [2.05, 4.69) is 32.7 Å². The molecule has 6 rings (SSSR count). The van der Waals surface area contributed by atoms with Crippen molar-refractivity contribution in [1.29, 1.82) is 0 Å². The monoisotopic (exact) mass is 559 g/mol. The number of anilines is 3. The molecule has 4 heterocycles. The van der Waals surface area contributed by atoms with Gasteiger partial charge in [-0.25, -0.2) is 9.97 Å². The van der Waals surface area contributed by atoms with Gasteiger partial charge in [-0.2, -0.15) is 0 Å². The number of nitrogens with one attached hydrogen (secondary N) is 2. The number of morpholine rings is 1. The summed E-state index contributed by atoms with van der Waals surface area (Å²) in [6.07, 6.45) is 5.88.